The van der Waals surface area contributed by atoms with E-state index in [1.165, 1.54) is 6.07 Å². The SMILES string of the molecule is Cc1cc2[nH]c(-c3ccc(N4CCC(OC5CCC(CC(=O)O)CC5)CC4)nc3)nc2cc1F. The topological polar surface area (TPSA) is 91.3 Å². The Morgan fingerprint density at radius 2 is 1.88 bits per heavy atom. The number of ether oxygens (including phenoxy) is 1. The van der Waals surface area contributed by atoms with Crippen LogP contribution in [0, 0.1) is 18.7 Å². The van der Waals surface area contributed by atoms with Gasteiger partial charge in [-0.1, -0.05) is 0 Å². The summed E-state index contributed by atoms with van der Waals surface area (Å²) in [6, 6.07) is 7.25. The molecular weight excluding hydrogens is 435 g/mol. The van der Waals surface area contributed by atoms with E-state index >= 15 is 0 Å². The number of hydrogen-bond donors (Lipinski definition) is 2. The van der Waals surface area contributed by atoms with Gasteiger partial charge in [0.2, 0.25) is 0 Å². The number of imidazole rings is 1. The third kappa shape index (κ3) is 5.06. The first-order chi connectivity index (χ1) is 16.4. The molecule has 1 aliphatic carbocycles. The lowest BCUT2D eigenvalue weighted by molar-refractivity contribution is -0.138. The molecule has 0 atom stereocenters. The lowest BCUT2D eigenvalue weighted by Crippen LogP contribution is -2.39. The van der Waals surface area contributed by atoms with Crippen molar-refractivity contribution in [2.75, 3.05) is 18.0 Å². The highest BCUT2D eigenvalue weighted by Crippen LogP contribution is 2.31. The lowest BCUT2D eigenvalue weighted by Gasteiger charge is -2.36. The lowest BCUT2D eigenvalue weighted by atomic mass is 9.85. The minimum Gasteiger partial charge on any atom is -0.481 e. The Balaban J connectivity index is 1.14. The summed E-state index contributed by atoms with van der Waals surface area (Å²) >= 11 is 0. The summed E-state index contributed by atoms with van der Waals surface area (Å²) in [5, 5.41) is 8.97. The van der Waals surface area contributed by atoms with Crippen molar-refractivity contribution in [2.24, 2.45) is 5.92 Å². The van der Waals surface area contributed by atoms with Crippen LogP contribution in [0.5, 0.6) is 0 Å². The summed E-state index contributed by atoms with van der Waals surface area (Å²) in [5.41, 5.74) is 2.89. The molecule has 0 spiro atoms. The van der Waals surface area contributed by atoms with Crippen molar-refractivity contribution in [2.45, 2.75) is 64.1 Å². The van der Waals surface area contributed by atoms with Crippen molar-refractivity contribution in [3.8, 4) is 11.4 Å². The number of fused-ring (bicyclic) bond motifs is 1. The van der Waals surface area contributed by atoms with Crippen molar-refractivity contribution in [3.63, 3.8) is 0 Å². The molecule has 2 N–H and O–H groups in total. The minimum atomic E-state index is -0.693. The first-order valence-corrected chi connectivity index (χ1v) is 12.2. The summed E-state index contributed by atoms with van der Waals surface area (Å²) in [4.78, 5) is 25.6. The molecule has 3 aromatic rings. The molecule has 8 heteroatoms. The van der Waals surface area contributed by atoms with Gasteiger partial charge in [0.15, 0.2) is 0 Å². The Morgan fingerprint density at radius 1 is 1.15 bits per heavy atom. The summed E-state index contributed by atoms with van der Waals surface area (Å²) in [5.74, 6) is 0.982. The van der Waals surface area contributed by atoms with Gasteiger partial charge in [-0.05, 0) is 75.1 Å². The average Bonchev–Trinajstić information content (AvgIpc) is 3.23. The largest absolute Gasteiger partial charge is 0.481 e. The third-order valence-electron chi connectivity index (χ3n) is 7.19. The van der Waals surface area contributed by atoms with E-state index in [1.54, 1.807) is 13.0 Å². The standard InChI is InChI=1S/C26H31FN4O3/c1-16-12-22-23(14-21(16)27)30-26(29-22)18-4-7-24(28-15-18)31-10-8-20(9-11-31)34-19-5-2-17(3-6-19)13-25(32)33/h4,7,12,14-15,17,19-20H,2-3,5-6,8-11,13H2,1H3,(H,29,30)(H,32,33). The Morgan fingerprint density at radius 3 is 2.56 bits per heavy atom. The number of pyridine rings is 1. The maximum absolute atomic E-state index is 13.8. The zero-order valence-electron chi connectivity index (χ0n) is 19.5. The number of hydrogen-bond acceptors (Lipinski definition) is 5. The van der Waals surface area contributed by atoms with Gasteiger partial charge in [-0.15, -0.1) is 0 Å². The van der Waals surface area contributed by atoms with E-state index in [0.717, 1.165) is 68.5 Å². The second kappa shape index (κ2) is 9.70. The van der Waals surface area contributed by atoms with E-state index in [2.05, 4.69) is 19.9 Å². The Labute approximate surface area is 198 Å². The van der Waals surface area contributed by atoms with Crippen LogP contribution in [-0.2, 0) is 9.53 Å². The van der Waals surface area contributed by atoms with Gasteiger partial charge < -0.3 is 19.7 Å². The Hall–Kier alpha value is -3.00. The molecule has 5 rings (SSSR count). The number of aryl methyl sites for hydroxylation is 1. The molecule has 7 nitrogen and oxygen atoms in total. The quantitative estimate of drug-likeness (QED) is 0.526. The number of anilines is 1. The normalized spacial score (nSPS) is 21.8. The molecule has 3 heterocycles. The van der Waals surface area contributed by atoms with Gasteiger partial charge in [-0.2, -0.15) is 0 Å². The highest BCUT2D eigenvalue weighted by atomic mass is 19.1. The molecule has 180 valence electrons. The number of halogens is 1. The summed E-state index contributed by atoms with van der Waals surface area (Å²) < 4.78 is 20.2. The first kappa shape index (κ1) is 22.8. The number of rotatable bonds is 6. The van der Waals surface area contributed by atoms with E-state index < -0.39 is 5.97 Å². The number of aliphatic carboxylic acids is 1. The maximum atomic E-state index is 13.8. The number of aromatic nitrogens is 3. The summed E-state index contributed by atoms with van der Waals surface area (Å²) in [6.07, 6.45) is 8.39. The zero-order valence-corrected chi connectivity index (χ0v) is 19.5. The van der Waals surface area contributed by atoms with Crippen LogP contribution in [0.15, 0.2) is 30.5 Å². The van der Waals surface area contributed by atoms with Crippen LogP contribution >= 0.6 is 0 Å². The van der Waals surface area contributed by atoms with Crippen LogP contribution < -0.4 is 4.90 Å². The molecule has 1 saturated heterocycles. The van der Waals surface area contributed by atoms with Crippen molar-refractivity contribution < 1.29 is 19.0 Å². The van der Waals surface area contributed by atoms with Crippen LogP contribution in [0.2, 0.25) is 0 Å². The van der Waals surface area contributed by atoms with E-state index in [1.807, 2.05) is 18.3 Å². The molecule has 1 saturated carbocycles. The summed E-state index contributed by atoms with van der Waals surface area (Å²) in [7, 11) is 0. The van der Waals surface area contributed by atoms with E-state index in [0.29, 0.717) is 22.8 Å². The fraction of sp³-hybridized carbons (Fsp3) is 0.500. The molecular formula is C26H31FN4O3. The number of nitrogens with one attached hydrogen (secondary N) is 1. The van der Waals surface area contributed by atoms with Crippen LogP contribution in [-0.4, -0.2) is 51.3 Å². The van der Waals surface area contributed by atoms with Crippen LogP contribution in [0.25, 0.3) is 22.4 Å². The van der Waals surface area contributed by atoms with Crippen molar-refractivity contribution in [3.05, 3.63) is 41.8 Å². The number of carboxylic acids is 1. The fourth-order valence-corrected chi connectivity index (χ4v) is 5.20. The third-order valence-corrected chi connectivity index (χ3v) is 7.19. The van der Waals surface area contributed by atoms with E-state index in [-0.39, 0.29) is 24.4 Å². The molecule has 0 radical (unpaired) electrons. The van der Waals surface area contributed by atoms with Gasteiger partial charge in [0.1, 0.15) is 17.5 Å². The molecule has 0 amide bonds. The number of H-pyrrole nitrogens is 1. The molecule has 0 bridgehead atoms. The first-order valence-electron chi connectivity index (χ1n) is 12.2. The highest BCUT2D eigenvalue weighted by Gasteiger charge is 2.28. The van der Waals surface area contributed by atoms with Gasteiger partial charge >= 0.3 is 5.97 Å². The van der Waals surface area contributed by atoms with Crippen LogP contribution in [0.3, 0.4) is 0 Å². The van der Waals surface area contributed by atoms with Gasteiger partial charge in [0.05, 0.1) is 23.2 Å². The summed E-state index contributed by atoms with van der Waals surface area (Å²) in [6.45, 7) is 3.54. The van der Waals surface area contributed by atoms with Crippen LogP contribution in [0.1, 0.15) is 50.5 Å². The smallest absolute Gasteiger partial charge is 0.303 e. The molecule has 1 aromatic carbocycles. The van der Waals surface area contributed by atoms with Crippen molar-refractivity contribution in [1.29, 1.82) is 0 Å². The number of nitrogens with zero attached hydrogens (tertiary/aromatic N) is 3. The number of benzene rings is 1. The zero-order chi connectivity index (χ0) is 23.7. The molecule has 34 heavy (non-hydrogen) atoms. The Kier molecular flexibility index (Phi) is 6.50. The van der Waals surface area contributed by atoms with Gasteiger partial charge in [-0.25, -0.2) is 14.4 Å². The predicted octanol–water partition coefficient (Wildman–Crippen LogP) is 5.09. The van der Waals surface area contributed by atoms with Crippen molar-refractivity contribution in [1.82, 2.24) is 15.0 Å². The fourth-order valence-electron chi connectivity index (χ4n) is 5.20. The van der Waals surface area contributed by atoms with Crippen molar-refractivity contribution >= 4 is 22.8 Å². The highest BCUT2D eigenvalue weighted by molar-refractivity contribution is 5.80. The number of piperidine rings is 1. The molecule has 0 unspecified atom stereocenters. The maximum Gasteiger partial charge on any atom is 0.303 e. The second-order valence-electron chi connectivity index (χ2n) is 9.67. The number of carbonyl (C=O) groups is 1. The molecule has 2 aromatic heterocycles. The minimum absolute atomic E-state index is 0.253. The molecule has 2 aliphatic rings. The number of aromatic amines is 1. The monoisotopic (exact) mass is 466 g/mol. The van der Waals surface area contributed by atoms with Gasteiger partial charge in [0.25, 0.3) is 0 Å². The van der Waals surface area contributed by atoms with E-state index in [9.17, 15) is 9.18 Å². The second-order valence-corrected chi connectivity index (χ2v) is 9.67. The molecule has 1 aliphatic heterocycles. The average molecular weight is 467 g/mol. The predicted molar refractivity (Wildman–Crippen MR) is 128 cm³/mol. The van der Waals surface area contributed by atoms with Gasteiger partial charge in [-0.3, -0.25) is 4.79 Å². The Bertz CT molecular complexity index is 1110. The number of carboxylic acid groups (broad SMARTS) is 1. The van der Waals surface area contributed by atoms with E-state index in [4.69, 9.17) is 9.84 Å². The molecule has 2 fully saturated rings. The van der Waals surface area contributed by atoms with Crippen LogP contribution in [0.4, 0.5) is 10.2 Å². The van der Waals surface area contributed by atoms with Gasteiger partial charge in [0, 0.05) is 37.3 Å².